The fourth-order valence-electron chi connectivity index (χ4n) is 2.56. The first-order chi connectivity index (χ1) is 15.1. The molecule has 0 saturated heterocycles. The molecule has 0 unspecified atom stereocenters. The van der Waals surface area contributed by atoms with Crippen molar-refractivity contribution in [2.75, 3.05) is 5.73 Å². The number of carbonyl (C=O) groups is 1. The second-order valence-corrected chi connectivity index (χ2v) is 7.21. The fraction of sp³-hybridized carbons (Fsp3) is 0.0526. The first-order valence-electron chi connectivity index (χ1n) is 8.95. The molecular formula is C19H16N8O3S. The van der Waals surface area contributed by atoms with E-state index in [1.165, 1.54) is 34.8 Å². The third-order valence-corrected chi connectivity index (χ3v) is 5.09. The van der Waals surface area contributed by atoms with Crippen LogP contribution in [0.5, 0.6) is 5.75 Å². The maximum absolute atomic E-state index is 12.7. The maximum atomic E-state index is 12.7. The van der Waals surface area contributed by atoms with Crippen LogP contribution in [0.4, 0.5) is 5.82 Å². The van der Waals surface area contributed by atoms with Gasteiger partial charge in [-0.1, -0.05) is 23.4 Å². The van der Waals surface area contributed by atoms with Crippen molar-refractivity contribution in [1.29, 1.82) is 0 Å². The summed E-state index contributed by atoms with van der Waals surface area (Å²) >= 11 is 1.49. The lowest BCUT2D eigenvalue weighted by Crippen LogP contribution is -2.20. The van der Waals surface area contributed by atoms with E-state index in [1.54, 1.807) is 12.1 Å². The van der Waals surface area contributed by atoms with E-state index < -0.39 is 5.91 Å². The predicted octanol–water partition coefficient (Wildman–Crippen LogP) is 1.99. The molecule has 31 heavy (non-hydrogen) atoms. The number of nitrogen functional groups attached to an aromatic ring is 1. The maximum Gasteiger partial charge on any atom is 0.293 e. The number of aromatic nitrogens is 5. The molecule has 0 aliphatic rings. The van der Waals surface area contributed by atoms with Gasteiger partial charge in [-0.3, -0.25) is 4.79 Å². The third-order valence-electron chi connectivity index (χ3n) is 4.07. The van der Waals surface area contributed by atoms with Gasteiger partial charge in [0.25, 0.3) is 5.91 Å². The van der Waals surface area contributed by atoms with Gasteiger partial charge in [-0.15, -0.1) is 16.9 Å². The Hall–Kier alpha value is -4.19. The van der Waals surface area contributed by atoms with E-state index in [-0.39, 0.29) is 23.1 Å². The number of nitrogens with two attached hydrogens (primary N) is 1. The topological polar surface area (TPSA) is 157 Å². The van der Waals surface area contributed by atoms with Crippen LogP contribution in [0.1, 0.15) is 21.7 Å². The highest BCUT2D eigenvalue weighted by Crippen LogP contribution is 2.25. The average molecular weight is 436 g/mol. The molecule has 4 rings (SSSR count). The molecule has 11 nitrogen and oxygen atoms in total. The van der Waals surface area contributed by atoms with Gasteiger partial charge >= 0.3 is 0 Å². The molecule has 0 aliphatic carbocycles. The van der Waals surface area contributed by atoms with E-state index in [2.05, 4.69) is 35.8 Å². The van der Waals surface area contributed by atoms with Crippen molar-refractivity contribution >= 4 is 29.7 Å². The molecule has 2 heterocycles. The van der Waals surface area contributed by atoms with Gasteiger partial charge in [0.05, 0.1) is 11.9 Å². The highest BCUT2D eigenvalue weighted by atomic mass is 32.2. The third kappa shape index (κ3) is 4.70. The number of anilines is 1. The van der Waals surface area contributed by atoms with Gasteiger partial charge in [0.1, 0.15) is 5.75 Å². The largest absolute Gasteiger partial charge is 0.508 e. The lowest BCUT2D eigenvalue weighted by Gasteiger charge is -2.05. The molecule has 0 spiro atoms. The molecule has 2 aromatic carbocycles. The normalized spacial score (nSPS) is 11.1. The number of amides is 1. The zero-order valence-electron chi connectivity index (χ0n) is 15.9. The summed E-state index contributed by atoms with van der Waals surface area (Å²) in [7, 11) is 0. The van der Waals surface area contributed by atoms with Crippen molar-refractivity contribution in [2.24, 2.45) is 5.10 Å². The van der Waals surface area contributed by atoms with Crippen LogP contribution >= 0.6 is 11.8 Å². The number of benzene rings is 2. The Balaban J connectivity index is 1.57. The first-order valence-corrected chi connectivity index (χ1v) is 9.93. The molecule has 0 radical (unpaired) electrons. The van der Waals surface area contributed by atoms with Gasteiger partial charge in [0, 0.05) is 10.6 Å². The van der Waals surface area contributed by atoms with Gasteiger partial charge in [0.15, 0.2) is 5.69 Å². The van der Waals surface area contributed by atoms with E-state index in [4.69, 9.17) is 5.73 Å². The Morgan fingerprint density at radius 3 is 2.68 bits per heavy atom. The van der Waals surface area contributed by atoms with Crippen molar-refractivity contribution in [3.8, 4) is 11.6 Å². The summed E-state index contributed by atoms with van der Waals surface area (Å²) in [5, 5.41) is 28.5. The summed E-state index contributed by atoms with van der Waals surface area (Å²) in [5.41, 5.74) is 9.42. The highest BCUT2D eigenvalue weighted by Gasteiger charge is 2.23. The summed E-state index contributed by atoms with van der Waals surface area (Å²) in [4.78, 5) is 13.7. The summed E-state index contributed by atoms with van der Waals surface area (Å²) in [6, 6.07) is 16.0. The van der Waals surface area contributed by atoms with Crippen LogP contribution in [0.25, 0.3) is 5.82 Å². The smallest absolute Gasteiger partial charge is 0.293 e. The quantitative estimate of drug-likeness (QED) is 0.224. The summed E-state index contributed by atoms with van der Waals surface area (Å²) in [5.74, 6) is 0.101. The lowest BCUT2D eigenvalue weighted by atomic mass is 10.2. The number of rotatable bonds is 7. The second-order valence-electron chi connectivity index (χ2n) is 6.16. The van der Waals surface area contributed by atoms with Crippen molar-refractivity contribution in [1.82, 2.24) is 30.7 Å². The molecule has 0 fully saturated rings. The number of aromatic hydroxyl groups is 1. The number of phenols is 1. The van der Waals surface area contributed by atoms with Crippen LogP contribution in [-0.2, 0) is 5.75 Å². The summed E-state index contributed by atoms with van der Waals surface area (Å²) in [6.07, 6.45) is 1.44. The number of hydrazone groups is 1. The number of nitrogens with one attached hydrogen (secondary N) is 1. The number of thioether (sulfide) groups is 1. The van der Waals surface area contributed by atoms with Crippen molar-refractivity contribution in [2.45, 2.75) is 10.6 Å². The highest BCUT2D eigenvalue weighted by molar-refractivity contribution is 7.98. The summed E-state index contributed by atoms with van der Waals surface area (Å²) in [6.45, 7) is 0. The molecule has 0 saturated carbocycles. The number of carbonyl (C=O) groups excluding carboxylic acids is 1. The zero-order valence-corrected chi connectivity index (χ0v) is 16.7. The number of hydrogen-bond acceptors (Lipinski definition) is 10. The van der Waals surface area contributed by atoms with Gasteiger partial charge in [-0.25, -0.2) is 10.1 Å². The molecule has 2 aromatic heterocycles. The molecule has 1 amide bonds. The molecule has 156 valence electrons. The number of hydrogen-bond donors (Lipinski definition) is 3. The molecule has 4 N–H and O–H groups in total. The van der Waals surface area contributed by atoms with Crippen LogP contribution in [0, 0.1) is 0 Å². The Labute approximate surface area is 179 Å². The van der Waals surface area contributed by atoms with Crippen molar-refractivity contribution in [3.05, 3.63) is 71.5 Å². The van der Waals surface area contributed by atoms with Gasteiger partial charge < -0.3 is 10.8 Å². The molecule has 0 aliphatic heterocycles. The summed E-state index contributed by atoms with van der Waals surface area (Å²) < 4.78 is 5.97. The Bertz CT molecular complexity index is 1200. The van der Waals surface area contributed by atoms with Crippen molar-refractivity contribution < 1.29 is 14.5 Å². The Kier molecular flexibility index (Phi) is 5.89. The van der Waals surface area contributed by atoms with E-state index >= 15 is 0 Å². The van der Waals surface area contributed by atoms with Crippen LogP contribution in [0.15, 0.2) is 69.2 Å². The van der Waals surface area contributed by atoms with Crippen LogP contribution in [-0.4, -0.2) is 42.5 Å². The fourth-order valence-corrected chi connectivity index (χ4v) is 3.47. The van der Waals surface area contributed by atoms with E-state index in [1.807, 2.05) is 30.3 Å². The van der Waals surface area contributed by atoms with E-state index in [9.17, 15) is 9.90 Å². The monoisotopic (exact) mass is 436 g/mol. The molecule has 0 atom stereocenters. The molecule has 4 aromatic rings. The standard InChI is InChI=1S/C19H16N8O3S/c20-17-18(25-30-24-17)27-15(11-31-14-4-2-1-3-5-14)16(22-26-27)19(29)23-21-10-12-6-8-13(28)9-7-12/h1-10,28H,11H2,(H2,20,24)(H,23,29). The minimum atomic E-state index is -0.556. The number of nitrogens with zero attached hydrogens (tertiary/aromatic N) is 6. The molecule has 12 heteroatoms. The zero-order chi connectivity index (χ0) is 21.6. The van der Waals surface area contributed by atoms with Gasteiger partial charge in [-0.2, -0.15) is 9.78 Å². The van der Waals surface area contributed by atoms with Crippen LogP contribution in [0.3, 0.4) is 0 Å². The molecular weight excluding hydrogens is 420 g/mol. The Morgan fingerprint density at radius 1 is 1.19 bits per heavy atom. The molecule has 0 bridgehead atoms. The first kappa shape index (κ1) is 20.1. The van der Waals surface area contributed by atoms with Gasteiger partial charge in [0.2, 0.25) is 11.6 Å². The number of phenolic OH excluding ortho intramolecular Hbond substituents is 1. The van der Waals surface area contributed by atoms with E-state index in [0.29, 0.717) is 17.0 Å². The second kappa shape index (κ2) is 9.09. The Morgan fingerprint density at radius 2 is 1.97 bits per heavy atom. The predicted molar refractivity (Wildman–Crippen MR) is 113 cm³/mol. The van der Waals surface area contributed by atoms with Crippen LogP contribution in [0.2, 0.25) is 0 Å². The average Bonchev–Trinajstić information content (AvgIpc) is 3.40. The van der Waals surface area contributed by atoms with Crippen molar-refractivity contribution in [3.63, 3.8) is 0 Å². The SMILES string of the molecule is Nc1nonc1-n1nnc(C(=O)NN=Cc2ccc(O)cc2)c1CSc1ccccc1. The minimum Gasteiger partial charge on any atom is -0.508 e. The lowest BCUT2D eigenvalue weighted by molar-refractivity contribution is 0.0949. The minimum absolute atomic E-state index is 0.0215. The van der Waals surface area contributed by atoms with Gasteiger partial charge in [-0.05, 0) is 52.3 Å². The van der Waals surface area contributed by atoms with Crippen LogP contribution < -0.4 is 11.2 Å². The van der Waals surface area contributed by atoms with E-state index in [0.717, 1.165) is 4.90 Å².